The fraction of sp³-hybridized carbons (Fsp3) is 0.250. The lowest BCUT2D eigenvalue weighted by Crippen LogP contribution is -2.12. The zero-order chi connectivity index (χ0) is 15.6. The highest BCUT2D eigenvalue weighted by molar-refractivity contribution is 5.64. The summed E-state index contributed by atoms with van der Waals surface area (Å²) < 4.78 is 43.3. The van der Waals surface area contributed by atoms with E-state index < -0.39 is 18.1 Å². The van der Waals surface area contributed by atoms with Crippen molar-refractivity contribution in [2.24, 2.45) is 12.8 Å². The number of hydrogen-bond acceptors (Lipinski definition) is 4. The van der Waals surface area contributed by atoms with Gasteiger partial charge in [0, 0.05) is 12.6 Å². The lowest BCUT2D eigenvalue weighted by atomic mass is 10.1. The normalized spacial score (nSPS) is 11.4. The van der Waals surface area contributed by atoms with Gasteiger partial charge in [0.1, 0.15) is 6.61 Å². The number of benzene rings is 1. The predicted molar refractivity (Wildman–Crippen MR) is 65.8 cm³/mol. The van der Waals surface area contributed by atoms with E-state index in [-0.39, 0.29) is 12.4 Å². The van der Waals surface area contributed by atoms with Crippen molar-refractivity contribution in [1.82, 2.24) is 14.8 Å². The molecule has 0 aliphatic rings. The highest BCUT2D eigenvalue weighted by Crippen LogP contribution is 2.28. The summed E-state index contributed by atoms with van der Waals surface area (Å²) in [7, 11) is 1.38. The number of primary amides is 1. The maximum atomic E-state index is 12.5. The smallest absolute Gasteiger partial charge is 0.445 e. The molecule has 0 saturated carbocycles. The van der Waals surface area contributed by atoms with E-state index in [1.54, 1.807) is 24.3 Å². The van der Waals surface area contributed by atoms with Gasteiger partial charge in [0.05, 0.1) is 0 Å². The molecule has 1 heterocycles. The number of nitrogens with zero attached hydrogens (tertiary/aromatic N) is 3. The van der Waals surface area contributed by atoms with E-state index in [0.717, 1.165) is 4.68 Å². The minimum absolute atomic E-state index is 0.0117. The topological polar surface area (TPSA) is 83.0 Å². The SMILES string of the molecule is Cn1nc(C(F)(F)F)nc1-c1ccc(COC(N)=O)cc1. The summed E-state index contributed by atoms with van der Waals surface area (Å²) in [6, 6.07) is 6.31. The van der Waals surface area contributed by atoms with Crippen LogP contribution in [0.1, 0.15) is 11.4 Å². The molecular formula is C12H11F3N4O2. The molecule has 9 heteroatoms. The molecule has 0 aliphatic heterocycles. The zero-order valence-electron chi connectivity index (χ0n) is 10.9. The van der Waals surface area contributed by atoms with Crippen LogP contribution in [0.4, 0.5) is 18.0 Å². The molecular weight excluding hydrogens is 289 g/mol. The molecule has 1 amide bonds. The number of rotatable bonds is 3. The molecule has 6 nitrogen and oxygen atoms in total. The fourth-order valence-corrected chi connectivity index (χ4v) is 1.66. The Morgan fingerprint density at radius 3 is 2.43 bits per heavy atom. The van der Waals surface area contributed by atoms with Gasteiger partial charge in [-0.1, -0.05) is 24.3 Å². The van der Waals surface area contributed by atoms with Crippen molar-refractivity contribution in [1.29, 1.82) is 0 Å². The van der Waals surface area contributed by atoms with Crippen molar-refractivity contribution < 1.29 is 22.7 Å². The molecule has 2 rings (SSSR count). The van der Waals surface area contributed by atoms with Crippen LogP contribution in [0.25, 0.3) is 11.4 Å². The van der Waals surface area contributed by atoms with Crippen LogP contribution in [0.15, 0.2) is 24.3 Å². The molecule has 0 fully saturated rings. The molecule has 0 saturated heterocycles. The van der Waals surface area contributed by atoms with Gasteiger partial charge in [-0.2, -0.15) is 13.2 Å². The van der Waals surface area contributed by atoms with E-state index in [0.29, 0.717) is 11.1 Å². The van der Waals surface area contributed by atoms with Gasteiger partial charge >= 0.3 is 12.3 Å². The number of amides is 1. The Balaban J connectivity index is 2.23. The molecule has 112 valence electrons. The van der Waals surface area contributed by atoms with Crippen LogP contribution in [-0.2, 0) is 24.6 Å². The highest BCUT2D eigenvalue weighted by Gasteiger charge is 2.36. The van der Waals surface area contributed by atoms with Crippen LogP contribution < -0.4 is 5.73 Å². The number of carbonyl (C=O) groups excluding carboxylic acids is 1. The monoisotopic (exact) mass is 300 g/mol. The van der Waals surface area contributed by atoms with E-state index in [1.165, 1.54) is 7.05 Å². The molecule has 0 radical (unpaired) electrons. The van der Waals surface area contributed by atoms with Gasteiger partial charge in [0.2, 0.25) is 0 Å². The zero-order valence-corrected chi connectivity index (χ0v) is 10.9. The number of ether oxygens (including phenoxy) is 1. The van der Waals surface area contributed by atoms with Crippen LogP contribution >= 0.6 is 0 Å². The lowest BCUT2D eigenvalue weighted by Gasteiger charge is -2.04. The van der Waals surface area contributed by atoms with Crippen molar-refractivity contribution in [3.05, 3.63) is 35.7 Å². The lowest BCUT2D eigenvalue weighted by molar-refractivity contribution is -0.144. The van der Waals surface area contributed by atoms with Crippen LogP contribution in [0.2, 0.25) is 0 Å². The van der Waals surface area contributed by atoms with Gasteiger partial charge in [-0.25, -0.2) is 14.5 Å². The largest absolute Gasteiger partial charge is 0.453 e. The molecule has 0 atom stereocenters. The summed E-state index contributed by atoms with van der Waals surface area (Å²) >= 11 is 0. The summed E-state index contributed by atoms with van der Waals surface area (Å²) in [5, 5.41) is 3.33. The molecule has 21 heavy (non-hydrogen) atoms. The van der Waals surface area contributed by atoms with E-state index in [2.05, 4.69) is 14.8 Å². The van der Waals surface area contributed by atoms with Crippen molar-refractivity contribution in [2.45, 2.75) is 12.8 Å². The van der Waals surface area contributed by atoms with E-state index in [9.17, 15) is 18.0 Å². The fourth-order valence-electron chi connectivity index (χ4n) is 1.66. The maximum Gasteiger partial charge on any atom is 0.453 e. The number of aromatic nitrogens is 3. The first-order chi connectivity index (χ1) is 9.77. The molecule has 0 aliphatic carbocycles. The molecule has 1 aromatic heterocycles. The molecule has 1 aromatic carbocycles. The second-order valence-corrected chi connectivity index (χ2v) is 4.19. The number of aryl methyl sites for hydroxylation is 1. The minimum atomic E-state index is -4.59. The third-order valence-corrected chi connectivity index (χ3v) is 2.61. The Hall–Kier alpha value is -2.58. The number of alkyl halides is 3. The van der Waals surface area contributed by atoms with Gasteiger partial charge in [0.15, 0.2) is 5.82 Å². The molecule has 0 spiro atoms. The molecule has 0 bridgehead atoms. The Kier molecular flexibility index (Phi) is 3.83. The summed E-state index contributed by atoms with van der Waals surface area (Å²) in [6.45, 7) is -0.0117. The molecule has 0 unspecified atom stereocenters. The van der Waals surface area contributed by atoms with Gasteiger partial charge < -0.3 is 10.5 Å². The quantitative estimate of drug-likeness (QED) is 0.941. The number of hydrogen-bond donors (Lipinski definition) is 1. The Morgan fingerprint density at radius 1 is 1.33 bits per heavy atom. The third-order valence-electron chi connectivity index (χ3n) is 2.61. The standard InChI is InChI=1S/C12H11F3N4O2/c1-19-9(17-10(18-19)12(13,14)15)8-4-2-7(3-5-8)6-21-11(16)20/h2-5H,6H2,1H3,(H2,16,20). The first-order valence-corrected chi connectivity index (χ1v) is 5.77. The summed E-state index contributed by atoms with van der Waals surface area (Å²) in [5.74, 6) is -1.11. The summed E-state index contributed by atoms with van der Waals surface area (Å²) in [5.41, 5.74) is 5.95. The number of carbonyl (C=O) groups is 1. The number of nitrogens with two attached hydrogens (primary N) is 1. The average Bonchev–Trinajstić information content (AvgIpc) is 2.79. The Bertz CT molecular complexity index is 650. The summed E-state index contributed by atoms with van der Waals surface area (Å²) in [4.78, 5) is 14.0. The van der Waals surface area contributed by atoms with E-state index >= 15 is 0 Å². The molecule has 2 N–H and O–H groups in total. The van der Waals surface area contributed by atoms with Gasteiger partial charge in [0.25, 0.3) is 5.82 Å². The van der Waals surface area contributed by atoms with E-state index in [4.69, 9.17) is 5.73 Å². The highest BCUT2D eigenvalue weighted by atomic mass is 19.4. The number of halogens is 3. The van der Waals surface area contributed by atoms with Crippen molar-refractivity contribution in [3.8, 4) is 11.4 Å². The summed E-state index contributed by atoms with van der Waals surface area (Å²) in [6.07, 6.45) is -5.49. The van der Waals surface area contributed by atoms with Gasteiger partial charge in [-0.15, -0.1) is 5.10 Å². The van der Waals surface area contributed by atoms with Gasteiger partial charge in [-0.3, -0.25) is 0 Å². The average molecular weight is 300 g/mol. The van der Waals surface area contributed by atoms with Crippen molar-refractivity contribution >= 4 is 6.09 Å². The van der Waals surface area contributed by atoms with Crippen LogP contribution in [0.3, 0.4) is 0 Å². The Labute approximate surface area is 117 Å². The Morgan fingerprint density at radius 2 is 1.95 bits per heavy atom. The second-order valence-electron chi connectivity index (χ2n) is 4.19. The minimum Gasteiger partial charge on any atom is -0.445 e. The predicted octanol–water partition coefficient (Wildman–Crippen LogP) is 2.10. The van der Waals surface area contributed by atoms with E-state index in [1.807, 2.05) is 0 Å². The van der Waals surface area contributed by atoms with Crippen LogP contribution in [0, 0.1) is 0 Å². The first kappa shape index (κ1) is 14.8. The second kappa shape index (κ2) is 5.43. The maximum absolute atomic E-state index is 12.5. The van der Waals surface area contributed by atoms with Crippen molar-refractivity contribution in [3.63, 3.8) is 0 Å². The van der Waals surface area contributed by atoms with Gasteiger partial charge in [-0.05, 0) is 5.56 Å². The molecule has 2 aromatic rings. The van der Waals surface area contributed by atoms with Crippen LogP contribution in [-0.4, -0.2) is 20.9 Å². The third kappa shape index (κ3) is 3.50. The van der Waals surface area contributed by atoms with Crippen molar-refractivity contribution in [2.75, 3.05) is 0 Å². The van der Waals surface area contributed by atoms with Crippen LogP contribution in [0.5, 0.6) is 0 Å². The first-order valence-electron chi connectivity index (χ1n) is 5.77.